The van der Waals surface area contributed by atoms with Crippen molar-refractivity contribution >= 4 is 28.2 Å². The van der Waals surface area contributed by atoms with Crippen LogP contribution in [0.5, 0.6) is 11.5 Å². The summed E-state index contributed by atoms with van der Waals surface area (Å²) in [5, 5.41) is 0. The molecule has 0 spiro atoms. The fourth-order valence-electron chi connectivity index (χ4n) is 3.13. The highest BCUT2D eigenvalue weighted by Gasteiger charge is 2.34. The Kier molecular flexibility index (Phi) is 4.08. The third-order valence-electron chi connectivity index (χ3n) is 4.31. The van der Waals surface area contributed by atoms with Gasteiger partial charge in [-0.3, -0.25) is 19.3 Å². The van der Waals surface area contributed by atoms with Gasteiger partial charge in [0, 0.05) is 24.6 Å². The molecule has 2 heterocycles. The van der Waals surface area contributed by atoms with Crippen molar-refractivity contribution in [2.75, 3.05) is 11.4 Å². The number of hydrogen-bond acceptors (Lipinski definition) is 7. The van der Waals surface area contributed by atoms with Gasteiger partial charge < -0.3 is 9.64 Å². The molecule has 4 rings (SSSR count). The molecule has 0 aliphatic carbocycles. The average Bonchev–Trinajstić information content (AvgIpc) is 3.09. The van der Waals surface area contributed by atoms with Crippen LogP contribution in [0.1, 0.15) is 23.2 Å². The highest BCUT2D eigenvalue weighted by Crippen LogP contribution is 2.58. The molecular formula is C17H18N4O4S. The van der Waals surface area contributed by atoms with Gasteiger partial charge in [-0.15, -0.1) is 4.40 Å². The maximum Gasteiger partial charge on any atom is 0.265 e. The van der Waals surface area contributed by atoms with Crippen molar-refractivity contribution in [1.29, 1.82) is 0 Å². The predicted molar refractivity (Wildman–Crippen MR) is 99.7 cm³/mol. The van der Waals surface area contributed by atoms with Crippen molar-refractivity contribution in [2.45, 2.75) is 17.7 Å². The van der Waals surface area contributed by atoms with E-state index in [1.807, 2.05) is 4.90 Å². The Labute approximate surface area is 151 Å². The number of nitrogens with two attached hydrogens (primary N) is 1. The minimum atomic E-state index is -3.25. The van der Waals surface area contributed by atoms with Crippen LogP contribution in [0.15, 0.2) is 51.8 Å². The lowest BCUT2D eigenvalue weighted by Gasteiger charge is -2.37. The number of carbonyl (C=O) groups is 1. The van der Waals surface area contributed by atoms with Crippen LogP contribution >= 0.6 is 10.8 Å². The number of nitrogens with zero attached hydrogens (tertiary/aromatic N) is 2. The van der Waals surface area contributed by atoms with Gasteiger partial charge in [0.05, 0.1) is 5.69 Å². The number of fused-ring (bicyclic) bond motifs is 3. The largest absolute Gasteiger partial charge is 0.457 e. The highest BCUT2D eigenvalue weighted by atomic mass is 32.3. The van der Waals surface area contributed by atoms with Gasteiger partial charge in [-0.2, -0.15) is 0 Å². The topological polar surface area (TPSA) is 120 Å². The molecule has 1 amide bonds. The Morgan fingerprint density at radius 3 is 2.85 bits per heavy atom. The van der Waals surface area contributed by atoms with E-state index in [-0.39, 0.29) is 0 Å². The number of benzene rings is 2. The Morgan fingerprint density at radius 2 is 2.04 bits per heavy atom. The predicted octanol–water partition coefficient (Wildman–Crippen LogP) is 3.12. The third-order valence-corrected chi connectivity index (χ3v) is 5.69. The minimum absolute atomic E-state index is 0.344. The van der Waals surface area contributed by atoms with Gasteiger partial charge >= 0.3 is 0 Å². The molecule has 2 aliphatic rings. The van der Waals surface area contributed by atoms with Crippen LogP contribution in [-0.2, 0) is 0 Å². The molecule has 0 atom stereocenters. The van der Waals surface area contributed by atoms with E-state index in [4.69, 9.17) is 10.6 Å². The Morgan fingerprint density at radius 1 is 1.23 bits per heavy atom. The average molecular weight is 374 g/mol. The van der Waals surface area contributed by atoms with Crippen LogP contribution < -0.4 is 20.9 Å². The molecule has 2 aromatic rings. The zero-order valence-electron chi connectivity index (χ0n) is 13.8. The summed E-state index contributed by atoms with van der Waals surface area (Å²) in [4.78, 5) is 14.0. The maximum absolute atomic E-state index is 11.6. The molecule has 9 heteroatoms. The van der Waals surface area contributed by atoms with Crippen molar-refractivity contribution in [1.82, 2.24) is 5.43 Å². The first-order chi connectivity index (χ1) is 12.5. The lowest BCUT2D eigenvalue weighted by Crippen LogP contribution is -2.29. The number of ether oxygens (including phenoxy) is 1. The third kappa shape index (κ3) is 2.90. The van der Waals surface area contributed by atoms with Crippen LogP contribution in [0.2, 0.25) is 0 Å². The molecule has 8 nitrogen and oxygen atoms in total. The number of carbonyl (C=O) groups excluding carboxylic acids is 1. The molecule has 1 saturated heterocycles. The Hall–Kier alpha value is -2.59. The summed E-state index contributed by atoms with van der Waals surface area (Å²) in [6, 6.07) is 11.7. The van der Waals surface area contributed by atoms with Crippen LogP contribution in [0, 0.1) is 0 Å². The first-order valence-corrected chi connectivity index (χ1v) is 9.56. The van der Waals surface area contributed by atoms with Gasteiger partial charge in [-0.05, 0) is 36.8 Å². The molecule has 1 fully saturated rings. The van der Waals surface area contributed by atoms with Crippen molar-refractivity contribution in [3.8, 4) is 11.5 Å². The quantitative estimate of drug-likeness (QED) is 0.372. The summed E-state index contributed by atoms with van der Waals surface area (Å²) in [7, 11) is -3.25. The van der Waals surface area contributed by atoms with Crippen molar-refractivity contribution in [3.63, 3.8) is 0 Å². The van der Waals surface area contributed by atoms with Crippen molar-refractivity contribution < 1.29 is 18.6 Å². The zero-order valence-corrected chi connectivity index (χ0v) is 14.6. The summed E-state index contributed by atoms with van der Waals surface area (Å²) in [6.45, 7) is 0.803. The summed E-state index contributed by atoms with van der Waals surface area (Å²) >= 11 is 0. The summed E-state index contributed by atoms with van der Waals surface area (Å²) in [5.74, 6) is 6.29. The second-order valence-electron chi connectivity index (χ2n) is 6.01. The molecule has 136 valence electrons. The fraction of sp³-hybridized carbons (Fsp3) is 0.176. The molecule has 26 heavy (non-hydrogen) atoms. The standard InChI is InChI=1S/C17H18N4O4S/c18-19-17(22)11-3-1-4-12(9-11)25-13-6-7-14-15(10-13)26(23,24)20-16-5-2-8-21(14)16/h1,3-4,6-7,9-10,23-24H,2,5,8,18H2,(H,19,22). The molecule has 0 radical (unpaired) electrons. The number of amidine groups is 1. The number of nitrogens with one attached hydrogen (secondary N) is 1. The SMILES string of the molecule is NNC(=O)c1cccc(Oc2ccc3c(c2)S(O)(O)N=C2CCCN23)c1. The molecular weight excluding hydrogens is 356 g/mol. The van der Waals surface area contributed by atoms with Gasteiger partial charge in [0.2, 0.25) is 0 Å². The van der Waals surface area contributed by atoms with Gasteiger partial charge in [0.25, 0.3) is 5.91 Å². The maximum atomic E-state index is 11.6. The summed E-state index contributed by atoms with van der Waals surface area (Å²) in [5.41, 5.74) is 3.17. The van der Waals surface area contributed by atoms with Gasteiger partial charge in [-0.25, -0.2) is 5.84 Å². The minimum Gasteiger partial charge on any atom is -0.457 e. The number of hydrazine groups is 1. The normalized spacial score (nSPS) is 18.4. The first-order valence-electron chi connectivity index (χ1n) is 8.05. The van der Waals surface area contributed by atoms with Crippen LogP contribution in [-0.4, -0.2) is 27.4 Å². The van der Waals surface area contributed by atoms with Gasteiger partial charge in [-0.1, -0.05) is 16.8 Å². The van der Waals surface area contributed by atoms with E-state index in [1.165, 1.54) is 0 Å². The van der Waals surface area contributed by atoms with Crippen LogP contribution in [0.3, 0.4) is 0 Å². The lowest BCUT2D eigenvalue weighted by molar-refractivity contribution is 0.0953. The second kappa shape index (κ2) is 6.29. The highest BCUT2D eigenvalue weighted by molar-refractivity contribution is 8.23. The number of hydrogen-bond donors (Lipinski definition) is 4. The number of anilines is 1. The number of amides is 1. The molecule has 0 bridgehead atoms. The second-order valence-corrected chi connectivity index (χ2v) is 7.67. The molecule has 2 aromatic carbocycles. The number of rotatable bonds is 3. The first kappa shape index (κ1) is 16.9. The smallest absolute Gasteiger partial charge is 0.265 e. The van der Waals surface area contributed by atoms with E-state index in [0.717, 1.165) is 25.1 Å². The van der Waals surface area contributed by atoms with E-state index >= 15 is 0 Å². The van der Waals surface area contributed by atoms with Crippen LogP contribution in [0.25, 0.3) is 0 Å². The zero-order chi connectivity index (χ0) is 18.3. The molecule has 5 N–H and O–H groups in total. The van der Waals surface area contributed by atoms with E-state index in [0.29, 0.717) is 27.8 Å². The Bertz CT molecular complexity index is 915. The van der Waals surface area contributed by atoms with E-state index in [2.05, 4.69) is 9.82 Å². The van der Waals surface area contributed by atoms with E-state index in [9.17, 15) is 13.9 Å². The molecule has 0 saturated carbocycles. The van der Waals surface area contributed by atoms with Gasteiger partial charge in [0.15, 0.2) is 0 Å². The van der Waals surface area contributed by atoms with E-state index in [1.54, 1.807) is 42.5 Å². The lowest BCUT2D eigenvalue weighted by atomic mass is 10.2. The summed E-state index contributed by atoms with van der Waals surface area (Å²) in [6.07, 6.45) is 1.67. The van der Waals surface area contributed by atoms with Crippen molar-refractivity contribution in [3.05, 3.63) is 48.0 Å². The van der Waals surface area contributed by atoms with Gasteiger partial charge in [0.1, 0.15) is 22.2 Å². The summed E-state index contributed by atoms with van der Waals surface area (Å²) < 4.78 is 30.7. The van der Waals surface area contributed by atoms with E-state index < -0.39 is 16.7 Å². The van der Waals surface area contributed by atoms with Crippen LogP contribution in [0.4, 0.5) is 5.69 Å². The molecule has 0 aromatic heterocycles. The van der Waals surface area contributed by atoms with Crippen molar-refractivity contribution in [2.24, 2.45) is 10.2 Å². The monoisotopic (exact) mass is 374 g/mol. The molecule has 2 aliphatic heterocycles. The number of nitrogen functional groups attached to an aromatic ring is 1. The Balaban J connectivity index is 1.66. The fourth-order valence-corrected chi connectivity index (χ4v) is 4.45. The molecule has 0 unspecified atom stereocenters.